The van der Waals surface area contributed by atoms with Crippen molar-refractivity contribution in [3.63, 3.8) is 0 Å². The number of benzene rings is 1. The van der Waals surface area contributed by atoms with Gasteiger partial charge in [-0.2, -0.15) is 5.10 Å². The monoisotopic (exact) mass is 323 g/mol. The van der Waals surface area contributed by atoms with Crippen molar-refractivity contribution >= 4 is 21.6 Å². The van der Waals surface area contributed by atoms with Gasteiger partial charge in [0.25, 0.3) is 0 Å². The maximum absolute atomic E-state index is 5.42. The Balaban J connectivity index is 2.22. The number of hydrogen-bond acceptors (Lipinski definition) is 3. The molecule has 0 bridgehead atoms. The Bertz CT molecular complexity index is 593. The third-order valence-electron chi connectivity index (χ3n) is 3.05. The lowest BCUT2D eigenvalue weighted by Crippen LogP contribution is -2.03. The Kier molecular flexibility index (Phi) is 4.14. The van der Waals surface area contributed by atoms with Crippen LogP contribution >= 0.6 is 15.9 Å². The molecule has 0 radical (unpaired) electrons. The number of aromatic nitrogens is 2. The van der Waals surface area contributed by atoms with Crippen molar-refractivity contribution in [2.75, 3.05) is 12.4 Å². The smallest absolute Gasteiger partial charge is 0.143 e. The third-order valence-corrected chi connectivity index (χ3v) is 3.51. The molecule has 2 rings (SSSR count). The second-order valence-corrected chi connectivity index (χ2v) is 5.48. The van der Waals surface area contributed by atoms with Crippen molar-refractivity contribution in [1.82, 2.24) is 9.78 Å². The number of aryl methyl sites for hydroxylation is 3. The molecule has 4 nitrogen and oxygen atoms in total. The summed E-state index contributed by atoms with van der Waals surface area (Å²) in [6.07, 6.45) is 2.03. The van der Waals surface area contributed by atoms with E-state index in [0.29, 0.717) is 0 Å². The summed E-state index contributed by atoms with van der Waals surface area (Å²) in [4.78, 5) is 0. The lowest BCUT2D eigenvalue weighted by molar-refractivity contribution is 0.416. The van der Waals surface area contributed by atoms with Crippen molar-refractivity contribution in [2.24, 2.45) is 7.05 Å². The first-order chi connectivity index (χ1) is 9.01. The van der Waals surface area contributed by atoms with Crippen molar-refractivity contribution in [3.05, 3.63) is 39.6 Å². The number of anilines is 1. The van der Waals surface area contributed by atoms with Gasteiger partial charge in [0.1, 0.15) is 5.75 Å². The van der Waals surface area contributed by atoms with Gasteiger partial charge in [0.2, 0.25) is 0 Å². The summed E-state index contributed by atoms with van der Waals surface area (Å²) < 4.78 is 8.27. The number of rotatable bonds is 4. The van der Waals surface area contributed by atoms with E-state index >= 15 is 0 Å². The predicted octanol–water partition coefficient (Wildman–Crippen LogP) is 3.42. The van der Waals surface area contributed by atoms with E-state index in [1.807, 2.05) is 30.9 Å². The molecular weight excluding hydrogens is 306 g/mol. The third kappa shape index (κ3) is 3.10. The van der Waals surface area contributed by atoms with Gasteiger partial charge in [-0.1, -0.05) is 15.9 Å². The summed E-state index contributed by atoms with van der Waals surface area (Å²) >= 11 is 3.48. The van der Waals surface area contributed by atoms with Crippen LogP contribution in [0.4, 0.5) is 5.69 Å². The Morgan fingerprint density at radius 3 is 2.68 bits per heavy atom. The number of halogens is 1. The fraction of sp³-hybridized carbons (Fsp3) is 0.357. The Morgan fingerprint density at radius 1 is 1.37 bits per heavy atom. The molecule has 0 aliphatic heterocycles. The van der Waals surface area contributed by atoms with Crippen LogP contribution in [0.5, 0.6) is 5.75 Å². The van der Waals surface area contributed by atoms with Crippen molar-refractivity contribution < 1.29 is 4.74 Å². The van der Waals surface area contributed by atoms with E-state index in [-0.39, 0.29) is 0 Å². The zero-order valence-corrected chi connectivity index (χ0v) is 13.2. The van der Waals surface area contributed by atoms with Crippen LogP contribution in [0.25, 0.3) is 0 Å². The number of nitrogens with one attached hydrogen (secondary N) is 1. The molecule has 0 amide bonds. The molecular formula is C14H18BrN3O. The lowest BCUT2D eigenvalue weighted by Gasteiger charge is -2.14. The van der Waals surface area contributed by atoms with Crippen LogP contribution in [0.15, 0.2) is 22.8 Å². The number of nitrogens with zero attached hydrogens (tertiary/aromatic N) is 2. The molecule has 0 fully saturated rings. The van der Waals surface area contributed by atoms with Gasteiger partial charge in [0, 0.05) is 29.8 Å². The highest BCUT2D eigenvalue weighted by Gasteiger charge is 2.09. The lowest BCUT2D eigenvalue weighted by atomic mass is 10.1. The van der Waals surface area contributed by atoms with Crippen molar-refractivity contribution in [2.45, 2.75) is 20.4 Å². The van der Waals surface area contributed by atoms with Crippen LogP contribution in [-0.2, 0) is 13.6 Å². The van der Waals surface area contributed by atoms with Crippen LogP contribution < -0.4 is 10.1 Å². The normalized spacial score (nSPS) is 10.6. The molecule has 1 N–H and O–H groups in total. The minimum atomic E-state index is 0.735. The highest BCUT2D eigenvalue weighted by atomic mass is 79.9. The number of methoxy groups -OCH3 is 1. The van der Waals surface area contributed by atoms with Gasteiger partial charge >= 0.3 is 0 Å². The van der Waals surface area contributed by atoms with Crippen LogP contribution in [-0.4, -0.2) is 16.9 Å². The molecule has 102 valence electrons. The fourth-order valence-electron chi connectivity index (χ4n) is 2.11. The first-order valence-corrected chi connectivity index (χ1v) is 6.87. The van der Waals surface area contributed by atoms with Gasteiger partial charge < -0.3 is 10.1 Å². The molecule has 0 saturated heterocycles. The standard InChI is InChI=1S/C14H18BrN3O/c1-9-5-12(15)6-13(19-4)14(9)16-7-11-8-18(3)17-10(11)2/h5-6,8,16H,7H2,1-4H3. The highest BCUT2D eigenvalue weighted by Crippen LogP contribution is 2.32. The Labute approximate surface area is 121 Å². The zero-order valence-electron chi connectivity index (χ0n) is 11.6. The zero-order chi connectivity index (χ0) is 14.0. The minimum absolute atomic E-state index is 0.735. The quantitative estimate of drug-likeness (QED) is 0.937. The molecule has 1 aromatic carbocycles. The van der Waals surface area contributed by atoms with Gasteiger partial charge in [0.15, 0.2) is 0 Å². The summed E-state index contributed by atoms with van der Waals surface area (Å²) in [7, 11) is 3.61. The molecule has 0 spiro atoms. The maximum Gasteiger partial charge on any atom is 0.143 e. The average molecular weight is 324 g/mol. The SMILES string of the molecule is COc1cc(Br)cc(C)c1NCc1cn(C)nc1C. The first-order valence-electron chi connectivity index (χ1n) is 6.08. The predicted molar refractivity (Wildman–Crippen MR) is 80.7 cm³/mol. The molecule has 0 saturated carbocycles. The highest BCUT2D eigenvalue weighted by molar-refractivity contribution is 9.10. The largest absolute Gasteiger partial charge is 0.495 e. The van der Waals surface area contributed by atoms with Gasteiger partial charge in [-0.3, -0.25) is 4.68 Å². The van der Waals surface area contributed by atoms with E-state index < -0.39 is 0 Å². The van der Waals surface area contributed by atoms with Crippen LogP contribution in [0.2, 0.25) is 0 Å². The second kappa shape index (κ2) is 5.65. The molecule has 0 aliphatic carbocycles. The first kappa shape index (κ1) is 13.9. The minimum Gasteiger partial charge on any atom is -0.495 e. The molecule has 5 heteroatoms. The summed E-state index contributed by atoms with van der Waals surface area (Å²) in [5.74, 6) is 0.841. The van der Waals surface area contributed by atoms with E-state index in [0.717, 1.165) is 33.7 Å². The van der Waals surface area contributed by atoms with E-state index in [1.54, 1.807) is 7.11 Å². The second-order valence-electron chi connectivity index (χ2n) is 4.57. The van der Waals surface area contributed by atoms with Gasteiger partial charge in [0.05, 0.1) is 18.5 Å². The van der Waals surface area contributed by atoms with Crippen LogP contribution in [0, 0.1) is 13.8 Å². The Hall–Kier alpha value is -1.49. The van der Waals surface area contributed by atoms with Crippen molar-refractivity contribution in [1.29, 1.82) is 0 Å². The summed E-state index contributed by atoms with van der Waals surface area (Å²) in [6.45, 7) is 4.81. The van der Waals surface area contributed by atoms with Crippen LogP contribution in [0.3, 0.4) is 0 Å². The topological polar surface area (TPSA) is 39.1 Å². The average Bonchev–Trinajstić information content (AvgIpc) is 2.65. The Morgan fingerprint density at radius 2 is 2.11 bits per heavy atom. The summed E-state index contributed by atoms with van der Waals surface area (Å²) in [5.41, 5.74) is 4.40. The number of ether oxygens (including phenoxy) is 1. The summed E-state index contributed by atoms with van der Waals surface area (Å²) in [5, 5.41) is 7.77. The number of hydrogen-bond donors (Lipinski definition) is 1. The maximum atomic E-state index is 5.42. The molecule has 1 aromatic heterocycles. The van der Waals surface area contributed by atoms with E-state index in [4.69, 9.17) is 4.74 Å². The van der Waals surface area contributed by atoms with Gasteiger partial charge in [-0.15, -0.1) is 0 Å². The molecule has 19 heavy (non-hydrogen) atoms. The molecule has 0 unspecified atom stereocenters. The molecule has 1 heterocycles. The van der Waals surface area contributed by atoms with Crippen molar-refractivity contribution in [3.8, 4) is 5.75 Å². The van der Waals surface area contributed by atoms with E-state index in [2.05, 4.69) is 39.3 Å². The van der Waals surface area contributed by atoms with Gasteiger partial charge in [-0.05, 0) is 31.5 Å². The fourth-order valence-corrected chi connectivity index (χ4v) is 2.66. The van der Waals surface area contributed by atoms with E-state index in [1.165, 1.54) is 5.56 Å². The van der Waals surface area contributed by atoms with Crippen LogP contribution in [0.1, 0.15) is 16.8 Å². The van der Waals surface area contributed by atoms with E-state index in [9.17, 15) is 0 Å². The van der Waals surface area contributed by atoms with Gasteiger partial charge in [-0.25, -0.2) is 0 Å². The summed E-state index contributed by atoms with van der Waals surface area (Å²) in [6, 6.07) is 4.03. The molecule has 0 atom stereocenters. The molecule has 2 aromatic rings. The molecule has 0 aliphatic rings.